The fraction of sp³-hybridized carbons (Fsp3) is 0. The van der Waals surface area contributed by atoms with Gasteiger partial charge in [0.2, 0.25) is 5.69 Å². The molecule has 0 atom stereocenters. The van der Waals surface area contributed by atoms with Crippen molar-refractivity contribution in [1.82, 2.24) is 4.98 Å². The van der Waals surface area contributed by atoms with E-state index in [1.165, 1.54) is 6.07 Å². The minimum atomic E-state index is -0.659. The lowest BCUT2D eigenvalue weighted by molar-refractivity contribution is 0.630. The Morgan fingerprint density at radius 2 is 2.00 bits per heavy atom. The second-order valence-electron chi connectivity index (χ2n) is 3.06. The van der Waals surface area contributed by atoms with E-state index in [0.29, 0.717) is 0 Å². The minimum Gasteiger partial charge on any atom is -0.245 e. The average Bonchev–Trinajstić information content (AvgIpc) is 2.29. The summed E-state index contributed by atoms with van der Waals surface area (Å²) >= 11 is 20.5. The van der Waals surface area contributed by atoms with Crippen molar-refractivity contribution < 1.29 is 4.39 Å². The Kier molecular flexibility index (Phi) is 3.46. The Bertz CT molecular complexity index is 682. The highest BCUT2D eigenvalue weighted by molar-refractivity contribution is 9.10. The first-order valence-electron chi connectivity index (χ1n) is 4.17. The lowest BCUT2D eigenvalue weighted by Crippen LogP contribution is -1.89. The third-order valence-corrected chi connectivity index (χ3v) is 4.05. The third kappa shape index (κ3) is 1.98. The summed E-state index contributed by atoms with van der Waals surface area (Å²) in [7, 11) is 0. The maximum absolute atomic E-state index is 13.9. The van der Waals surface area contributed by atoms with Gasteiger partial charge in [-0.05, 0) is 22.0 Å². The molecule has 0 unspecified atom stereocenters. The predicted molar refractivity (Wildman–Crippen MR) is 70.7 cm³/mol. The number of hydrogen-bond acceptors (Lipinski definition) is 1. The molecule has 0 spiro atoms. The molecular weight excluding hydrogens is 353 g/mol. The summed E-state index contributed by atoms with van der Waals surface area (Å²) in [6, 6.07) is 1.43. The number of fused-ring (bicyclic) bond motifs is 1. The molecule has 17 heavy (non-hydrogen) atoms. The highest BCUT2D eigenvalue weighted by atomic mass is 79.9. The molecule has 0 radical (unpaired) electrons. The molecule has 0 fully saturated rings. The van der Waals surface area contributed by atoms with E-state index in [1.54, 1.807) is 0 Å². The van der Waals surface area contributed by atoms with Gasteiger partial charge in [-0.25, -0.2) is 14.2 Å². The van der Waals surface area contributed by atoms with E-state index >= 15 is 0 Å². The van der Waals surface area contributed by atoms with Gasteiger partial charge in [0, 0.05) is 5.39 Å². The molecule has 0 amide bonds. The van der Waals surface area contributed by atoms with Gasteiger partial charge in [-0.3, -0.25) is 0 Å². The number of halogens is 5. The van der Waals surface area contributed by atoms with Crippen LogP contribution < -0.4 is 0 Å². The van der Waals surface area contributed by atoms with Gasteiger partial charge in [0.15, 0.2) is 5.82 Å². The summed E-state index contributed by atoms with van der Waals surface area (Å²) in [6.45, 7) is 6.93. The Hall–Kier alpha value is -0.600. The van der Waals surface area contributed by atoms with E-state index in [0.717, 1.165) is 0 Å². The van der Waals surface area contributed by atoms with E-state index in [1.807, 2.05) is 0 Å². The van der Waals surface area contributed by atoms with Crippen LogP contribution in [0.5, 0.6) is 0 Å². The second-order valence-corrected chi connectivity index (χ2v) is 5.00. The minimum absolute atomic E-state index is 0.0152. The largest absolute Gasteiger partial charge is 0.245 e. The molecule has 0 bridgehead atoms. The van der Waals surface area contributed by atoms with Gasteiger partial charge in [-0.1, -0.05) is 34.8 Å². The van der Waals surface area contributed by atoms with Crippen LogP contribution in [-0.2, 0) is 0 Å². The van der Waals surface area contributed by atoms with Crippen molar-refractivity contribution in [3.8, 4) is 0 Å². The van der Waals surface area contributed by atoms with Crippen LogP contribution in [-0.4, -0.2) is 4.98 Å². The fourth-order valence-electron chi connectivity index (χ4n) is 1.33. The van der Waals surface area contributed by atoms with Crippen LogP contribution >= 0.6 is 50.7 Å². The number of hydrogen-bond donors (Lipinski definition) is 0. The zero-order valence-corrected chi connectivity index (χ0v) is 11.7. The Morgan fingerprint density at radius 1 is 1.35 bits per heavy atom. The van der Waals surface area contributed by atoms with Crippen LogP contribution in [0.25, 0.3) is 15.7 Å². The van der Waals surface area contributed by atoms with Crippen molar-refractivity contribution in [2.45, 2.75) is 0 Å². The zero-order chi connectivity index (χ0) is 12.7. The molecule has 7 heteroatoms. The SMILES string of the molecule is [C-]#[N+]c1c(Cl)nc2c(F)c(Br)c(Cl)cc2c1Cl. The first-order valence-corrected chi connectivity index (χ1v) is 6.09. The smallest absolute Gasteiger partial charge is 0.242 e. The highest BCUT2D eigenvalue weighted by Crippen LogP contribution is 2.41. The third-order valence-electron chi connectivity index (χ3n) is 2.10. The van der Waals surface area contributed by atoms with Gasteiger partial charge in [0.1, 0.15) is 10.7 Å². The predicted octanol–water partition coefficient (Wildman–Crippen LogP) is 5.65. The molecule has 0 saturated carbocycles. The number of rotatable bonds is 0. The molecule has 1 aromatic heterocycles. The maximum atomic E-state index is 13.9. The number of benzene rings is 1. The molecule has 0 aliphatic carbocycles. The summed E-state index contributed by atoms with van der Waals surface area (Å²) in [6.07, 6.45) is 0. The van der Waals surface area contributed by atoms with Crippen molar-refractivity contribution in [2.75, 3.05) is 0 Å². The van der Waals surface area contributed by atoms with Crippen molar-refractivity contribution in [1.29, 1.82) is 0 Å². The van der Waals surface area contributed by atoms with Crippen molar-refractivity contribution in [3.63, 3.8) is 0 Å². The number of aromatic nitrogens is 1. The van der Waals surface area contributed by atoms with E-state index in [4.69, 9.17) is 41.4 Å². The molecule has 0 saturated heterocycles. The normalized spacial score (nSPS) is 10.6. The molecule has 2 nitrogen and oxygen atoms in total. The summed E-state index contributed by atoms with van der Waals surface area (Å²) < 4.78 is 14.0. The molecule has 2 rings (SSSR count). The fourth-order valence-corrected chi connectivity index (χ4v) is 2.37. The highest BCUT2D eigenvalue weighted by Gasteiger charge is 2.18. The van der Waals surface area contributed by atoms with Gasteiger partial charge < -0.3 is 0 Å². The first kappa shape index (κ1) is 12.8. The summed E-state index contributed by atoms with van der Waals surface area (Å²) in [5.41, 5.74) is -0.0395. The van der Waals surface area contributed by atoms with Crippen LogP contribution in [0.1, 0.15) is 0 Å². The molecule has 2 aromatic rings. The molecule has 1 aromatic carbocycles. The summed E-state index contributed by atoms with van der Waals surface area (Å²) in [5.74, 6) is -0.659. The lowest BCUT2D eigenvalue weighted by atomic mass is 10.2. The van der Waals surface area contributed by atoms with E-state index in [9.17, 15) is 4.39 Å². The summed E-state index contributed by atoms with van der Waals surface area (Å²) in [4.78, 5) is 6.96. The van der Waals surface area contributed by atoms with Crippen molar-refractivity contribution >= 4 is 67.3 Å². The molecule has 86 valence electrons. The van der Waals surface area contributed by atoms with Gasteiger partial charge >= 0.3 is 0 Å². The Labute approximate surface area is 119 Å². The molecule has 0 N–H and O–H groups in total. The van der Waals surface area contributed by atoms with Crippen LogP contribution in [0, 0.1) is 12.4 Å². The summed E-state index contributed by atoms with van der Waals surface area (Å²) in [5, 5.41) is 0.318. The maximum Gasteiger partial charge on any atom is 0.242 e. The van der Waals surface area contributed by atoms with Gasteiger partial charge in [-0.2, -0.15) is 0 Å². The van der Waals surface area contributed by atoms with Gasteiger partial charge in [0.05, 0.1) is 21.1 Å². The number of pyridine rings is 1. The Balaban J connectivity index is 3.04. The lowest BCUT2D eigenvalue weighted by Gasteiger charge is -2.07. The second kappa shape index (κ2) is 4.58. The monoisotopic (exact) mass is 352 g/mol. The van der Waals surface area contributed by atoms with Crippen molar-refractivity contribution in [3.05, 3.63) is 43.0 Å². The van der Waals surface area contributed by atoms with Crippen LogP contribution in [0.15, 0.2) is 10.5 Å². The van der Waals surface area contributed by atoms with Crippen LogP contribution in [0.4, 0.5) is 10.1 Å². The van der Waals surface area contributed by atoms with Crippen LogP contribution in [0.2, 0.25) is 15.2 Å². The van der Waals surface area contributed by atoms with E-state index in [-0.39, 0.29) is 36.3 Å². The first-order chi connectivity index (χ1) is 7.97. The van der Waals surface area contributed by atoms with Gasteiger partial charge in [-0.15, -0.1) is 0 Å². The van der Waals surface area contributed by atoms with E-state index in [2.05, 4.69) is 25.8 Å². The molecule has 0 aliphatic rings. The molecule has 1 heterocycles. The Morgan fingerprint density at radius 3 is 2.59 bits per heavy atom. The topological polar surface area (TPSA) is 17.2 Å². The van der Waals surface area contributed by atoms with E-state index < -0.39 is 5.82 Å². The number of nitrogens with zero attached hydrogens (tertiary/aromatic N) is 2. The van der Waals surface area contributed by atoms with Gasteiger partial charge in [0.25, 0.3) is 0 Å². The quantitative estimate of drug-likeness (QED) is 0.340. The van der Waals surface area contributed by atoms with Crippen molar-refractivity contribution in [2.24, 2.45) is 0 Å². The van der Waals surface area contributed by atoms with Crippen LogP contribution in [0.3, 0.4) is 0 Å². The standard InChI is InChI=1S/C10HBrCl3FN2/c1-16-9-6(13)3-2-4(12)5(11)7(15)8(3)17-10(9)14/h2H. The average molecular weight is 354 g/mol. The molecule has 0 aliphatic heterocycles. The molecular formula is C10HBrCl3FN2. The zero-order valence-electron chi connectivity index (χ0n) is 7.86.